The second-order valence-electron chi connectivity index (χ2n) is 6.33. The predicted octanol–water partition coefficient (Wildman–Crippen LogP) is 3.40. The summed E-state index contributed by atoms with van der Waals surface area (Å²) in [4.78, 5) is 20.4. The number of benzene rings is 2. The highest BCUT2D eigenvalue weighted by molar-refractivity contribution is 5.99. The molecule has 1 aromatic heterocycles. The maximum absolute atomic E-state index is 11.5. The molecule has 1 amide bonds. The Kier molecular flexibility index (Phi) is 4.20. The van der Waals surface area contributed by atoms with Gasteiger partial charge in [0.1, 0.15) is 5.82 Å². The van der Waals surface area contributed by atoms with E-state index in [0.717, 1.165) is 46.6 Å². The average Bonchev–Trinajstić information content (AvgIpc) is 3.06. The normalized spacial score (nSPS) is 12.3. The number of terminal acetylenes is 1. The molecule has 0 bridgehead atoms. The van der Waals surface area contributed by atoms with E-state index in [1.165, 1.54) is 5.56 Å². The molecule has 4 nitrogen and oxygen atoms in total. The molecule has 126 valence electrons. The van der Waals surface area contributed by atoms with Gasteiger partial charge in [-0.3, -0.25) is 4.79 Å². The van der Waals surface area contributed by atoms with Crippen LogP contribution in [0.5, 0.6) is 0 Å². The van der Waals surface area contributed by atoms with Crippen LogP contribution < -0.4 is 5.32 Å². The van der Waals surface area contributed by atoms with Crippen LogP contribution in [0.15, 0.2) is 54.9 Å². The molecular formula is C22H17N3O. The van der Waals surface area contributed by atoms with Gasteiger partial charge >= 0.3 is 0 Å². The van der Waals surface area contributed by atoms with E-state index in [1.54, 1.807) is 0 Å². The number of nitrogens with zero attached hydrogens (tertiary/aromatic N) is 2. The molecule has 0 spiro atoms. The molecule has 0 saturated heterocycles. The monoisotopic (exact) mass is 339 g/mol. The van der Waals surface area contributed by atoms with Crippen molar-refractivity contribution in [1.82, 2.24) is 9.97 Å². The predicted molar refractivity (Wildman–Crippen MR) is 102 cm³/mol. The van der Waals surface area contributed by atoms with Crippen LogP contribution >= 0.6 is 0 Å². The number of nitrogens with one attached hydrogen (secondary N) is 1. The van der Waals surface area contributed by atoms with Crippen molar-refractivity contribution in [1.29, 1.82) is 0 Å². The molecule has 2 aromatic carbocycles. The summed E-state index contributed by atoms with van der Waals surface area (Å²) in [5.41, 5.74) is 5.96. The Labute approximate surface area is 152 Å². The Bertz CT molecular complexity index is 1020. The summed E-state index contributed by atoms with van der Waals surface area (Å²) >= 11 is 0. The van der Waals surface area contributed by atoms with Crippen molar-refractivity contribution >= 4 is 11.6 Å². The van der Waals surface area contributed by atoms with Crippen molar-refractivity contribution < 1.29 is 4.79 Å². The third kappa shape index (κ3) is 3.33. The van der Waals surface area contributed by atoms with Crippen LogP contribution in [0.25, 0.3) is 11.1 Å². The third-order valence-electron chi connectivity index (χ3n) is 4.50. The Balaban J connectivity index is 1.46. The van der Waals surface area contributed by atoms with Crippen LogP contribution in [-0.2, 0) is 24.1 Å². The summed E-state index contributed by atoms with van der Waals surface area (Å²) in [7, 11) is 0. The quantitative estimate of drug-likeness (QED) is 0.741. The van der Waals surface area contributed by atoms with E-state index >= 15 is 0 Å². The molecule has 1 N–H and O–H groups in total. The van der Waals surface area contributed by atoms with Crippen LogP contribution in [0.1, 0.15) is 22.5 Å². The number of aryl methyl sites for hydroxylation is 2. The number of hydrogen-bond acceptors (Lipinski definition) is 3. The van der Waals surface area contributed by atoms with Crippen LogP contribution in [0.4, 0.5) is 5.69 Å². The zero-order chi connectivity index (χ0) is 17.9. The molecular weight excluding hydrogens is 322 g/mol. The summed E-state index contributed by atoms with van der Waals surface area (Å²) in [5, 5.41) is 2.84. The molecule has 4 heteroatoms. The number of hydrogen-bond donors (Lipinski definition) is 1. The minimum Gasteiger partial charge on any atom is -0.326 e. The number of fused-ring (bicyclic) bond motifs is 1. The molecule has 0 radical (unpaired) electrons. The zero-order valence-corrected chi connectivity index (χ0v) is 14.2. The highest BCUT2D eigenvalue weighted by atomic mass is 16.1. The Morgan fingerprint density at radius 3 is 2.69 bits per heavy atom. The lowest BCUT2D eigenvalue weighted by molar-refractivity contribution is -0.115. The molecule has 1 aliphatic rings. The van der Waals surface area contributed by atoms with Gasteiger partial charge in [-0.05, 0) is 47.4 Å². The summed E-state index contributed by atoms with van der Waals surface area (Å²) < 4.78 is 0. The third-order valence-corrected chi connectivity index (χ3v) is 4.50. The number of rotatable bonds is 4. The first kappa shape index (κ1) is 16.0. The van der Waals surface area contributed by atoms with Crippen LogP contribution in [0.3, 0.4) is 0 Å². The van der Waals surface area contributed by atoms with Gasteiger partial charge in [-0.1, -0.05) is 24.1 Å². The van der Waals surface area contributed by atoms with E-state index in [4.69, 9.17) is 6.42 Å². The van der Waals surface area contributed by atoms with Gasteiger partial charge in [0.25, 0.3) is 0 Å². The first-order valence-corrected chi connectivity index (χ1v) is 8.51. The lowest BCUT2D eigenvalue weighted by Crippen LogP contribution is -2.03. The molecule has 26 heavy (non-hydrogen) atoms. The molecule has 0 unspecified atom stereocenters. The first-order chi connectivity index (χ1) is 12.7. The van der Waals surface area contributed by atoms with E-state index in [1.807, 2.05) is 48.8 Å². The molecule has 3 aromatic rings. The van der Waals surface area contributed by atoms with Crippen molar-refractivity contribution in [3.63, 3.8) is 0 Å². The first-order valence-electron chi connectivity index (χ1n) is 8.51. The van der Waals surface area contributed by atoms with Crippen molar-refractivity contribution in [3.8, 4) is 23.5 Å². The average molecular weight is 339 g/mol. The second kappa shape index (κ2) is 6.81. The number of carbonyl (C=O) groups excluding carboxylic acids is 1. The van der Waals surface area contributed by atoms with Crippen LogP contribution in [0, 0.1) is 12.3 Å². The van der Waals surface area contributed by atoms with Crippen LogP contribution in [-0.4, -0.2) is 15.9 Å². The lowest BCUT2D eigenvalue weighted by Gasteiger charge is -2.06. The molecule has 0 aliphatic carbocycles. The van der Waals surface area contributed by atoms with Crippen LogP contribution in [0.2, 0.25) is 0 Å². The van der Waals surface area contributed by atoms with Gasteiger partial charge < -0.3 is 5.32 Å². The highest BCUT2D eigenvalue weighted by Gasteiger charge is 2.17. The molecule has 1 aliphatic heterocycles. The van der Waals surface area contributed by atoms with Crippen molar-refractivity contribution in [3.05, 3.63) is 77.4 Å². The smallest absolute Gasteiger partial charge is 0.228 e. The fourth-order valence-corrected chi connectivity index (χ4v) is 3.11. The molecule has 2 heterocycles. The molecule has 0 atom stereocenters. The largest absolute Gasteiger partial charge is 0.326 e. The van der Waals surface area contributed by atoms with Gasteiger partial charge in [-0.25, -0.2) is 9.97 Å². The lowest BCUT2D eigenvalue weighted by atomic mass is 10.0. The zero-order valence-electron chi connectivity index (χ0n) is 14.2. The van der Waals surface area contributed by atoms with E-state index in [2.05, 4.69) is 27.3 Å². The number of carbonyl (C=O) groups is 1. The number of anilines is 1. The van der Waals surface area contributed by atoms with Gasteiger partial charge in [0.05, 0.1) is 6.42 Å². The fourth-order valence-electron chi connectivity index (χ4n) is 3.11. The summed E-state index contributed by atoms with van der Waals surface area (Å²) in [6.45, 7) is 0. The fraction of sp³-hybridized carbons (Fsp3) is 0.136. The topological polar surface area (TPSA) is 54.9 Å². The maximum atomic E-state index is 11.5. The van der Waals surface area contributed by atoms with Gasteiger partial charge in [-0.2, -0.15) is 0 Å². The SMILES string of the molecule is C#Cc1cccc(CCc2ncc(-c3ccc4c(c3)CC(=O)N4)cn2)c1. The van der Waals surface area contributed by atoms with Gasteiger partial charge in [-0.15, -0.1) is 6.42 Å². The minimum absolute atomic E-state index is 0.0395. The van der Waals surface area contributed by atoms with E-state index < -0.39 is 0 Å². The molecule has 4 rings (SSSR count). The highest BCUT2D eigenvalue weighted by Crippen LogP contribution is 2.28. The molecule has 0 fully saturated rings. The minimum atomic E-state index is 0.0395. The maximum Gasteiger partial charge on any atom is 0.228 e. The summed E-state index contributed by atoms with van der Waals surface area (Å²) in [6, 6.07) is 13.9. The second-order valence-corrected chi connectivity index (χ2v) is 6.33. The van der Waals surface area contributed by atoms with Crippen molar-refractivity contribution in [2.45, 2.75) is 19.3 Å². The number of aromatic nitrogens is 2. The van der Waals surface area contributed by atoms with Crippen molar-refractivity contribution in [2.75, 3.05) is 5.32 Å². The Hall–Kier alpha value is -3.45. The standard InChI is InChI=1S/C22H17N3O/c1-2-15-4-3-5-16(10-15)6-9-21-23-13-19(14-24-21)17-7-8-20-18(11-17)12-22(26)25-20/h1,3-5,7-8,10-11,13-14H,6,9,12H2,(H,25,26). The molecule has 0 saturated carbocycles. The van der Waals surface area contributed by atoms with Gasteiger partial charge in [0.15, 0.2) is 0 Å². The Morgan fingerprint density at radius 2 is 1.88 bits per heavy atom. The number of amides is 1. The summed E-state index contributed by atoms with van der Waals surface area (Å²) in [6.07, 6.45) is 11.2. The van der Waals surface area contributed by atoms with E-state index in [9.17, 15) is 4.79 Å². The van der Waals surface area contributed by atoms with Crippen molar-refractivity contribution in [2.24, 2.45) is 0 Å². The summed E-state index contributed by atoms with van der Waals surface area (Å²) in [5.74, 6) is 3.50. The van der Waals surface area contributed by atoms with E-state index in [0.29, 0.717) is 6.42 Å². The Morgan fingerprint density at radius 1 is 1.04 bits per heavy atom. The van der Waals surface area contributed by atoms with Gasteiger partial charge in [0, 0.05) is 35.6 Å². The van der Waals surface area contributed by atoms with E-state index in [-0.39, 0.29) is 5.91 Å². The van der Waals surface area contributed by atoms with Gasteiger partial charge in [0.2, 0.25) is 5.91 Å².